The lowest BCUT2D eigenvalue weighted by Gasteiger charge is -2.21. The van der Waals surface area contributed by atoms with Crippen molar-refractivity contribution in [1.82, 2.24) is 24.6 Å². The van der Waals surface area contributed by atoms with Gasteiger partial charge in [-0.25, -0.2) is 14.4 Å². The molecule has 2 aromatic heterocycles. The number of fused-ring (bicyclic) bond motifs is 1. The van der Waals surface area contributed by atoms with E-state index in [0.29, 0.717) is 35.1 Å². The number of hydrogen-bond donors (Lipinski definition) is 0. The molecule has 0 N–H and O–H groups in total. The van der Waals surface area contributed by atoms with Crippen LogP contribution < -0.4 is 4.90 Å². The van der Waals surface area contributed by atoms with E-state index in [9.17, 15) is 9.18 Å². The average Bonchev–Trinajstić information content (AvgIpc) is 3.18. The smallest absolute Gasteiger partial charge is 0.274 e. The van der Waals surface area contributed by atoms with Gasteiger partial charge in [0.05, 0.1) is 6.33 Å². The Balaban J connectivity index is 1.21. The molecule has 2 aliphatic rings. The summed E-state index contributed by atoms with van der Waals surface area (Å²) in [5, 5.41) is 4.15. The van der Waals surface area contributed by atoms with Crippen LogP contribution in [0.4, 0.5) is 15.9 Å². The number of aromatic nitrogens is 4. The van der Waals surface area contributed by atoms with E-state index in [0.717, 1.165) is 18.8 Å². The van der Waals surface area contributed by atoms with Crippen molar-refractivity contribution >= 4 is 24.1 Å². The molecule has 3 atom stereocenters. The minimum absolute atomic E-state index is 0.186. The van der Waals surface area contributed by atoms with Gasteiger partial charge in [0, 0.05) is 38.8 Å². The van der Waals surface area contributed by atoms with Gasteiger partial charge in [-0.3, -0.25) is 4.79 Å². The van der Waals surface area contributed by atoms with Crippen LogP contribution in [0.5, 0.6) is 0 Å². The van der Waals surface area contributed by atoms with E-state index in [1.165, 1.54) is 17.3 Å². The number of rotatable bonds is 6. The number of halogens is 1. The molecule has 9 nitrogen and oxygen atoms in total. The van der Waals surface area contributed by atoms with Gasteiger partial charge in [-0.2, -0.15) is 4.98 Å². The van der Waals surface area contributed by atoms with Crippen molar-refractivity contribution in [2.75, 3.05) is 25.0 Å². The molecule has 5 rings (SSSR count). The Labute approximate surface area is 178 Å². The first-order valence-corrected chi connectivity index (χ1v) is 10.0. The van der Waals surface area contributed by atoms with E-state index in [4.69, 9.17) is 4.52 Å². The standard InChI is InChI=1S/C21H22FN7O2/c1-23-20-18(28(3)11-24-20)21(30)27(2)10-16-25-19(26-31-16)17-14-8-29(9-15(14)17)13-6-4-5-12(22)7-13/h4-7,11,14-15,17H,1,8-10H2,2-3H3/t14-,15+,17?. The molecule has 3 aromatic rings. The maximum Gasteiger partial charge on any atom is 0.274 e. The summed E-state index contributed by atoms with van der Waals surface area (Å²) in [7, 11) is 3.39. The van der Waals surface area contributed by atoms with E-state index in [1.54, 1.807) is 30.8 Å². The minimum atomic E-state index is -0.254. The lowest BCUT2D eigenvalue weighted by molar-refractivity contribution is 0.0761. The molecule has 0 spiro atoms. The fourth-order valence-corrected chi connectivity index (χ4v) is 4.50. The Morgan fingerprint density at radius 2 is 2.16 bits per heavy atom. The highest BCUT2D eigenvalue weighted by Gasteiger charge is 2.58. The second-order valence-corrected chi connectivity index (χ2v) is 8.13. The van der Waals surface area contributed by atoms with Gasteiger partial charge in [-0.05, 0) is 36.8 Å². The Bertz CT molecular complexity index is 1140. The summed E-state index contributed by atoms with van der Waals surface area (Å²) in [6, 6.07) is 6.68. The number of hydrogen-bond acceptors (Lipinski definition) is 7. The molecule has 1 aromatic carbocycles. The number of nitrogens with zero attached hydrogens (tertiary/aromatic N) is 7. The molecule has 1 aliphatic carbocycles. The van der Waals surface area contributed by atoms with Gasteiger partial charge < -0.3 is 18.9 Å². The van der Waals surface area contributed by atoms with E-state index >= 15 is 0 Å². The zero-order valence-electron chi connectivity index (χ0n) is 17.3. The molecule has 1 aliphatic heterocycles. The number of benzene rings is 1. The number of aryl methyl sites for hydroxylation is 1. The summed E-state index contributed by atoms with van der Waals surface area (Å²) in [4.78, 5) is 28.8. The van der Waals surface area contributed by atoms with Crippen LogP contribution in [0.1, 0.15) is 28.1 Å². The van der Waals surface area contributed by atoms with Crippen molar-refractivity contribution in [2.24, 2.45) is 23.9 Å². The summed E-state index contributed by atoms with van der Waals surface area (Å²) in [6.45, 7) is 5.34. The summed E-state index contributed by atoms with van der Waals surface area (Å²) in [5.41, 5.74) is 1.26. The Hall–Kier alpha value is -3.56. The number of aliphatic imine (C=N–C) groups is 1. The molecule has 31 heavy (non-hydrogen) atoms. The van der Waals surface area contributed by atoms with E-state index in [1.807, 2.05) is 6.07 Å². The number of amides is 1. The number of anilines is 1. The summed E-state index contributed by atoms with van der Waals surface area (Å²) < 4.78 is 20.5. The first-order chi connectivity index (χ1) is 15.0. The molecule has 2 fully saturated rings. The zero-order valence-corrected chi connectivity index (χ0v) is 17.3. The third-order valence-corrected chi connectivity index (χ3v) is 6.14. The highest BCUT2D eigenvalue weighted by Crippen LogP contribution is 2.57. The van der Waals surface area contributed by atoms with Crippen LogP contribution in [0.25, 0.3) is 0 Å². The van der Waals surface area contributed by atoms with Crippen LogP contribution in [-0.2, 0) is 13.6 Å². The highest BCUT2D eigenvalue weighted by atomic mass is 19.1. The molecule has 0 radical (unpaired) electrons. The summed E-state index contributed by atoms with van der Waals surface area (Å²) in [5.74, 6) is 1.99. The van der Waals surface area contributed by atoms with Crippen LogP contribution >= 0.6 is 0 Å². The third-order valence-electron chi connectivity index (χ3n) is 6.14. The SMILES string of the molecule is C=Nc1ncn(C)c1C(=O)N(C)Cc1nc(C2[C@H]3CN(c4cccc(F)c4)C[C@@H]23)no1. The number of carbonyl (C=O) groups excluding carboxylic acids is 1. The maximum atomic E-state index is 13.5. The largest absolute Gasteiger partial charge is 0.371 e. The van der Waals surface area contributed by atoms with Crippen molar-refractivity contribution in [3.8, 4) is 0 Å². The molecule has 1 amide bonds. The minimum Gasteiger partial charge on any atom is -0.371 e. The molecular formula is C21H22FN7O2. The van der Waals surface area contributed by atoms with Gasteiger partial charge in [-0.1, -0.05) is 11.2 Å². The number of piperidine rings is 1. The van der Waals surface area contributed by atoms with Gasteiger partial charge in [0.1, 0.15) is 12.4 Å². The van der Waals surface area contributed by atoms with Crippen LogP contribution in [-0.4, -0.2) is 57.4 Å². The molecule has 1 saturated heterocycles. The quantitative estimate of drug-likeness (QED) is 0.566. The normalized spacial score (nSPS) is 21.8. The van der Waals surface area contributed by atoms with E-state index in [-0.39, 0.29) is 24.2 Å². The van der Waals surface area contributed by atoms with E-state index in [2.05, 4.69) is 31.7 Å². The van der Waals surface area contributed by atoms with Crippen molar-refractivity contribution in [3.63, 3.8) is 0 Å². The summed E-state index contributed by atoms with van der Waals surface area (Å²) >= 11 is 0. The van der Waals surface area contributed by atoms with Crippen molar-refractivity contribution in [1.29, 1.82) is 0 Å². The Morgan fingerprint density at radius 1 is 1.39 bits per heavy atom. The van der Waals surface area contributed by atoms with E-state index < -0.39 is 0 Å². The fraction of sp³-hybridized carbons (Fsp3) is 0.381. The van der Waals surface area contributed by atoms with Crippen LogP contribution in [0.15, 0.2) is 40.1 Å². The highest BCUT2D eigenvalue weighted by molar-refractivity contribution is 5.96. The number of carbonyl (C=O) groups is 1. The predicted molar refractivity (Wildman–Crippen MR) is 111 cm³/mol. The maximum absolute atomic E-state index is 13.5. The number of imidazole rings is 1. The lowest BCUT2D eigenvalue weighted by atomic mass is 10.2. The van der Waals surface area contributed by atoms with Crippen LogP contribution in [0.2, 0.25) is 0 Å². The topological polar surface area (TPSA) is 92.7 Å². The van der Waals surface area contributed by atoms with Crippen LogP contribution in [0, 0.1) is 17.7 Å². The molecule has 3 heterocycles. The molecule has 10 heteroatoms. The molecular weight excluding hydrogens is 401 g/mol. The first-order valence-electron chi connectivity index (χ1n) is 10.0. The van der Waals surface area contributed by atoms with Gasteiger partial charge in [0.25, 0.3) is 5.91 Å². The lowest BCUT2D eigenvalue weighted by Crippen LogP contribution is -2.28. The van der Waals surface area contributed by atoms with Crippen LogP contribution in [0.3, 0.4) is 0 Å². The Kier molecular flexibility index (Phi) is 4.57. The predicted octanol–water partition coefficient (Wildman–Crippen LogP) is 2.40. The van der Waals surface area contributed by atoms with Crippen molar-refractivity contribution < 1.29 is 13.7 Å². The second-order valence-electron chi connectivity index (χ2n) is 8.13. The monoisotopic (exact) mass is 423 g/mol. The second kappa shape index (κ2) is 7.29. The average molecular weight is 423 g/mol. The van der Waals surface area contributed by atoms with Gasteiger partial charge in [0.2, 0.25) is 5.89 Å². The van der Waals surface area contributed by atoms with Crippen molar-refractivity contribution in [2.45, 2.75) is 12.5 Å². The molecule has 160 valence electrons. The van der Waals surface area contributed by atoms with Gasteiger partial charge in [-0.15, -0.1) is 0 Å². The summed E-state index contributed by atoms with van der Waals surface area (Å²) in [6.07, 6.45) is 1.52. The van der Waals surface area contributed by atoms with Gasteiger partial charge >= 0.3 is 0 Å². The third kappa shape index (κ3) is 3.37. The Morgan fingerprint density at radius 3 is 2.87 bits per heavy atom. The zero-order chi connectivity index (χ0) is 21.7. The molecule has 0 bridgehead atoms. The van der Waals surface area contributed by atoms with Crippen molar-refractivity contribution in [3.05, 3.63) is 53.8 Å². The molecule has 1 unspecified atom stereocenters. The van der Waals surface area contributed by atoms with Gasteiger partial charge in [0.15, 0.2) is 17.3 Å². The first kappa shape index (κ1) is 19.4. The fourth-order valence-electron chi connectivity index (χ4n) is 4.50. The molecule has 1 saturated carbocycles.